The fourth-order valence-corrected chi connectivity index (χ4v) is 3.17. The summed E-state index contributed by atoms with van der Waals surface area (Å²) in [5.74, 6) is -0.102. The zero-order valence-electron chi connectivity index (χ0n) is 12.4. The van der Waals surface area contributed by atoms with Crippen molar-refractivity contribution in [3.63, 3.8) is 0 Å². The van der Waals surface area contributed by atoms with Gasteiger partial charge in [0.1, 0.15) is 5.82 Å². The average Bonchev–Trinajstić information content (AvgIpc) is 2.68. The first-order valence-electron chi connectivity index (χ1n) is 7.69. The highest BCUT2D eigenvalue weighted by molar-refractivity contribution is 5.90. The van der Waals surface area contributed by atoms with Gasteiger partial charge in [0, 0.05) is 29.7 Å². The second-order valence-corrected chi connectivity index (χ2v) is 5.89. The van der Waals surface area contributed by atoms with Crippen LogP contribution >= 0.6 is 0 Å². The molecule has 1 aliphatic heterocycles. The van der Waals surface area contributed by atoms with Crippen molar-refractivity contribution in [2.45, 2.75) is 39.0 Å². The predicted octanol–water partition coefficient (Wildman–Crippen LogP) is 3.56. The lowest BCUT2D eigenvalue weighted by Crippen LogP contribution is -2.33. The summed E-state index contributed by atoms with van der Waals surface area (Å²) in [6.07, 6.45) is 4.96. The molecule has 4 heteroatoms. The molecule has 1 fully saturated rings. The number of fused-ring (bicyclic) bond motifs is 1. The first kappa shape index (κ1) is 14.1. The SMILES string of the molecule is Cc1[nH]c2ccc(F)cc2c1CC(=O)N1CCCCCC1. The van der Waals surface area contributed by atoms with Crippen LogP contribution in [0.15, 0.2) is 18.2 Å². The van der Waals surface area contributed by atoms with Crippen molar-refractivity contribution in [3.8, 4) is 0 Å². The number of benzene rings is 1. The van der Waals surface area contributed by atoms with E-state index >= 15 is 0 Å². The molecule has 1 saturated heterocycles. The number of halogens is 1. The number of hydrogen-bond donors (Lipinski definition) is 1. The third-order valence-electron chi connectivity index (χ3n) is 4.37. The summed E-state index contributed by atoms with van der Waals surface area (Å²) in [6, 6.07) is 4.69. The molecular formula is C17H21FN2O. The molecule has 0 spiro atoms. The molecule has 0 bridgehead atoms. The standard InChI is InChI=1S/C17H21FN2O/c1-12-14(15-10-13(18)6-7-16(15)19-12)11-17(21)20-8-4-2-3-5-9-20/h6-7,10,19H,2-5,8-9,11H2,1H3. The number of rotatable bonds is 2. The Morgan fingerprint density at radius 3 is 2.67 bits per heavy atom. The van der Waals surface area contributed by atoms with E-state index in [1.165, 1.54) is 25.0 Å². The number of carbonyl (C=O) groups is 1. The Balaban J connectivity index is 1.85. The quantitative estimate of drug-likeness (QED) is 0.901. The zero-order chi connectivity index (χ0) is 14.8. The topological polar surface area (TPSA) is 36.1 Å². The lowest BCUT2D eigenvalue weighted by molar-refractivity contribution is -0.130. The van der Waals surface area contributed by atoms with Gasteiger partial charge in [-0.05, 0) is 43.5 Å². The number of nitrogens with zero attached hydrogens (tertiary/aromatic N) is 1. The van der Waals surface area contributed by atoms with Crippen molar-refractivity contribution in [2.24, 2.45) is 0 Å². The van der Waals surface area contributed by atoms with Crippen molar-refractivity contribution < 1.29 is 9.18 Å². The molecule has 112 valence electrons. The molecule has 1 amide bonds. The second-order valence-electron chi connectivity index (χ2n) is 5.89. The molecule has 2 heterocycles. The number of hydrogen-bond acceptors (Lipinski definition) is 1. The van der Waals surface area contributed by atoms with E-state index in [2.05, 4.69) is 4.98 Å². The Bertz CT molecular complexity index is 654. The molecule has 2 aromatic rings. The van der Waals surface area contributed by atoms with E-state index in [-0.39, 0.29) is 11.7 Å². The summed E-state index contributed by atoms with van der Waals surface area (Å²) >= 11 is 0. The van der Waals surface area contributed by atoms with Gasteiger partial charge < -0.3 is 9.88 Å². The maximum absolute atomic E-state index is 13.5. The minimum atomic E-state index is -0.259. The highest BCUT2D eigenvalue weighted by Gasteiger charge is 2.19. The van der Waals surface area contributed by atoms with E-state index in [1.807, 2.05) is 11.8 Å². The number of aromatic nitrogens is 1. The second kappa shape index (κ2) is 5.88. The summed E-state index contributed by atoms with van der Waals surface area (Å²) in [5.41, 5.74) is 2.78. The highest BCUT2D eigenvalue weighted by Crippen LogP contribution is 2.24. The normalized spacial score (nSPS) is 16.2. The first-order chi connectivity index (χ1) is 10.1. The molecule has 1 aliphatic rings. The van der Waals surface area contributed by atoms with E-state index in [9.17, 15) is 9.18 Å². The van der Waals surface area contributed by atoms with Crippen molar-refractivity contribution in [3.05, 3.63) is 35.3 Å². The molecular weight excluding hydrogens is 267 g/mol. The molecule has 0 radical (unpaired) electrons. The molecule has 3 nitrogen and oxygen atoms in total. The molecule has 1 aromatic heterocycles. The molecule has 0 aliphatic carbocycles. The van der Waals surface area contributed by atoms with Gasteiger partial charge >= 0.3 is 0 Å². The van der Waals surface area contributed by atoms with E-state index < -0.39 is 0 Å². The monoisotopic (exact) mass is 288 g/mol. The van der Waals surface area contributed by atoms with E-state index in [0.717, 1.165) is 48.1 Å². The van der Waals surface area contributed by atoms with Gasteiger partial charge in [-0.3, -0.25) is 4.79 Å². The minimum absolute atomic E-state index is 0.158. The Kier molecular flexibility index (Phi) is 3.95. The molecule has 1 aromatic carbocycles. The Hall–Kier alpha value is -1.84. The first-order valence-corrected chi connectivity index (χ1v) is 7.69. The van der Waals surface area contributed by atoms with Crippen LogP contribution in [0.2, 0.25) is 0 Å². The number of likely N-dealkylation sites (tertiary alicyclic amines) is 1. The number of aryl methyl sites for hydroxylation is 1. The Morgan fingerprint density at radius 2 is 1.95 bits per heavy atom. The van der Waals surface area contributed by atoms with Crippen molar-refractivity contribution in [1.29, 1.82) is 0 Å². The van der Waals surface area contributed by atoms with Crippen LogP contribution in [0.4, 0.5) is 4.39 Å². The molecule has 3 rings (SSSR count). The summed E-state index contributed by atoms with van der Waals surface area (Å²) in [4.78, 5) is 17.7. The van der Waals surface area contributed by atoms with Gasteiger partial charge in [0.2, 0.25) is 5.91 Å². The van der Waals surface area contributed by atoms with Crippen LogP contribution in [0.1, 0.15) is 36.9 Å². The maximum atomic E-state index is 13.5. The van der Waals surface area contributed by atoms with Crippen LogP contribution in [0.25, 0.3) is 10.9 Å². The summed E-state index contributed by atoms with van der Waals surface area (Å²) in [5, 5.41) is 0.829. The van der Waals surface area contributed by atoms with Gasteiger partial charge in [0.15, 0.2) is 0 Å². The largest absolute Gasteiger partial charge is 0.358 e. The van der Waals surface area contributed by atoms with E-state index in [1.54, 1.807) is 6.07 Å². The Morgan fingerprint density at radius 1 is 1.24 bits per heavy atom. The molecule has 1 N–H and O–H groups in total. The van der Waals surface area contributed by atoms with Gasteiger partial charge in [0.05, 0.1) is 6.42 Å². The number of carbonyl (C=O) groups excluding carboxylic acids is 1. The van der Waals surface area contributed by atoms with Crippen LogP contribution in [-0.2, 0) is 11.2 Å². The lowest BCUT2D eigenvalue weighted by Gasteiger charge is -2.20. The minimum Gasteiger partial charge on any atom is -0.358 e. The number of H-pyrrole nitrogens is 1. The average molecular weight is 288 g/mol. The van der Waals surface area contributed by atoms with Crippen LogP contribution in [-0.4, -0.2) is 28.9 Å². The summed E-state index contributed by atoms with van der Waals surface area (Å²) in [7, 11) is 0. The fraction of sp³-hybridized carbons (Fsp3) is 0.471. The molecule has 0 saturated carbocycles. The highest BCUT2D eigenvalue weighted by atomic mass is 19.1. The van der Waals surface area contributed by atoms with Crippen LogP contribution in [0.5, 0.6) is 0 Å². The smallest absolute Gasteiger partial charge is 0.227 e. The van der Waals surface area contributed by atoms with Gasteiger partial charge in [-0.1, -0.05) is 12.8 Å². The molecule has 0 unspecified atom stereocenters. The maximum Gasteiger partial charge on any atom is 0.227 e. The fourth-order valence-electron chi connectivity index (χ4n) is 3.17. The van der Waals surface area contributed by atoms with Crippen molar-refractivity contribution >= 4 is 16.8 Å². The third kappa shape index (κ3) is 2.94. The van der Waals surface area contributed by atoms with E-state index in [4.69, 9.17) is 0 Å². The van der Waals surface area contributed by atoms with Crippen LogP contribution in [0, 0.1) is 12.7 Å². The zero-order valence-corrected chi connectivity index (χ0v) is 12.4. The van der Waals surface area contributed by atoms with Crippen LogP contribution < -0.4 is 0 Å². The summed E-state index contributed by atoms with van der Waals surface area (Å²) in [6.45, 7) is 3.66. The molecule has 0 atom stereocenters. The summed E-state index contributed by atoms with van der Waals surface area (Å²) < 4.78 is 13.5. The number of nitrogens with one attached hydrogen (secondary N) is 1. The Labute approximate surface area is 124 Å². The van der Waals surface area contributed by atoms with Crippen LogP contribution in [0.3, 0.4) is 0 Å². The van der Waals surface area contributed by atoms with E-state index in [0.29, 0.717) is 6.42 Å². The molecule has 21 heavy (non-hydrogen) atoms. The van der Waals surface area contributed by atoms with Gasteiger partial charge in [-0.25, -0.2) is 4.39 Å². The number of amides is 1. The van der Waals surface area contributed by atoms with Gasteiger partial charge in [-0.15, -0.1) is 0 Å². The number of aromatic amines is 1. The van der Waals surface area contributed by atoms with Gasteiger partial charge in [0.25, 0.3) is 0 Å². The predicted molar refractivity (Wildman–Crippen MR) is 81.7 cm³/mol. The van der Waals surface area contributed by atoms with Crippen molar-refractivity contribution in [1.82, 2.24) is 9.88 Å². The lowest BCUT2D eigenvalue weighted by atomic mass is 10.1. The van der Waals surface area contributed by atoms with Gasteiger partial charge in [-0.2, -0.15) is 0 Å². The third-order valence-corrected chi connectivity index (χ3v) is 4.37. The van der Waals surface area contributed by atoms with Crippen molar-refractivity contribution in [2.75, 3.05) is 13.1 Å².